The van der Waals surface area contributed by atoms with E-state index in [9.17, 15) is 9.59 Å². The Morgan fingerprint density at radius 2 is 1.73 bits per heavy atom. The van der Waals surface area contributed by atoms with E-state index < -0.39 is 0 Å². The third-order valence-corrected chi connectivity index (χ3v) is 4.18. The van der Waals surface area contributed by atoms with Gasteiger partial charge in [-0.15, -0.1) is 5.11 Å². The van der Waals surface area contributed by atoms with Crippen molar-refractivity contribution in [3.8, 4) is 0 Å². The van der Waals surface area contributed by atoms with Crippen LogP contribution in [0.3, 0.4) is 0 Å². The summed E-state index contributed by atoms with van der Waals surface area (Å²) in [5, 5.41) is 9.91. The lowest BCUT2D eigenvalue weighted by Crippen LogP contribution is -2.13. The van der Waals surface area contributed by atoms with Crippen LogP contribution in [0.15, 0.2) is 75.3 Å². The molecule has 0 saturated carbocycles. The van der Waals surface area contributed by atoms with Crippen LogP contribution >= 0.6 is 0 Å². The van der Waals surface area contributed by atoms with Gasteiger partial charge in [0.1, 0.15) is 11.3 Å². The smallest absolute Gasteiger partial charge is 0.266 e. The molecule has 6 heteroatoms. The summed E-state index contributed by atoms with van der Waals surface area (Å²) in [6.45, 7) is 3.18. The number of rotatable bonds is 3. The van der Waals surface area contributed by atoms with E-state index in [4.69, 9.17) is 0 Å². The van der Waals surface area contributed by atoms with Crippen molar-refractivity contribution in [3.63, 3.8) is 0 Å². The first kappa shape index (κ1) is 16.0. The highest BCUT2D eigenvalue weighted by Gasteiger charge is 2.15. The molecule has 0 bridgehead atoms. The Balaban J connectivity index is 2.09. The van der Waals surface area contributed by atoms with Crippen molar-refractivity contribution in [2.75, 3.05) is 0 Å². The Kier molecular flexibility index (Phi) is 3.73. The minimum absolute atomic E-state index is 0.0903. The lowest BCUT2D eigenvalue weighted by Gasteiger charge is -2.01. The highest BCUT2D eigenvalue weighted by Crippen LogP contribution is 2.33. The molecule has 0 amide bonds. The van der Waals surface area contributed by atoms with Crippen molar-refractivity contribution in [2.24, 2.45) is 10.2 Å². The van der Waals surface area contributed by atoms with Gasteiger partial charge in [-0.1, -0.05) is 30.3 Å². The molecule has 2 aromatic heterocycles. The Labute approximate surface area is 148 Å². The van der Waals surface area contributed by atoms with E-state index in [1.807, 2.05) is 42.5 Å². The second kappa shape index (κ2) is 6.07. The number of carbonyl (C=O) groups is 1. The van der Waals surface area contributed by atoms with Crippen molar-refractivity contribution in [2.45, 2.75) is 13.8 Å². The maximum atomic E-state index is 13.0. The van der Waals surface area contributed by atoms with Crippen LogP contribution in [0.2, 0.25) is 0 Å². The first-order chi connectivity index (χ1) is 12.6. The Morgan fingerprint density at radius 3 is 2.50 bits per heavy atom. The van der Waals surface area contributed by atoms with Crippen molar-refractivity contribution < 1.29 is 4.79 Å². The molecule has 0 atom stereocenters. The quantitative estimate of drug-likeness (QED) is 0.438. The Bertz CT molecular complexity index is 1290. The zero-order chi connectivity index (χ0) is 18.3. The number of aromatic nitrogens is 2. The fraction of sp³-hybridized carbons (Fsp3) is 0.100. The predicted molar refractivity (Wildman–Crippen MR) is 102 cm³/mol. The third kappa shape index (κ3) is 2.52. The third-order valence-electron chi connectivity index (χ3n) is 4.18. The molecule has 1 N–H and O–H groups in total. The van der Waals surface area contributed by atoms with Gasteiger partial charge in [0.15, 0.2) is 5.78 Å². The van der Waals surface area contributed by atoms with Crippen LogP contribution in [0.4, 0.5) is 5.69 Å². The number of azo groups is 1. The summed E-state index contributed by atoms with van der Waals surface area (Å²) in [4.78, 5) is 27.5. The highest BCUT2D eigenvalue weighted by atomic mass is 16.1. The summed E-state index contributed by atoms with van der Waals surface area (Å²) < 4.78 is 1.62. The van der Waals surface area contributed by atoms with Crippen molar-refractivity contribution in [3.05, 3.63) is 70.7 Å². The van der Waals surface area contributed by atoms with Crippen LogP contribution in [0.25, 0.3) is 27.5 Å². The van der Waals surface area contributed by atoms with E-state index in [2.05, 4.69) is 15.2 Å². The van der Waals surface area contributed by atoms with E-state index in [0.717, 1.165) is 16.4 Å². The molecular weight excluding hydrogens is 328 g/mol. The lowest BCUT2D eigenvalue weighted by molar-refractivity contribution is -0.112. The van der Waals surface area contributed by atoms with Gasteiger partial charge in [-0.2, -0.15) is 5.11 Å². The molecule has 6 nitrogen and oxygen atoms in total. The molecule has 0 unspecified atom stereocenters. The van der Waals surface area contributed by atoms with Crippen LogP contribution in [-0.2, 0) is 4.79 Å². The van der Waals surface area contributed by atoms with Crippen molar-refractivity contribution in [1.82, 2.24) is 9.38 Å². The van der Waals surface area contributed by atoms with E-state index >= 15 is 0 Å². The van der Waals surface area contributed by atoms with Gasteiger partial charge in [-0.25, -0.2) is 0 Å². The number of H-pyrrole nitrogens is 1. The Morgan fingerprint density at radius 1 is 1.04 bits per heavy atom. The molecule has 0 radical (unpaired) electrons. The summed E-state index contributed by atoms with van der Waals surface area (Å²) in [6, 6.07) is 14.9. The molecule has 0 fully saturated rings. The average molecular weight is 344 g/mol. The van der Waals surface area contributed by atoms with Crippen LogP contribution in [0.5, 0.6) is 0 Å². The summed E-state index contributed by atoms with van der Waals surface area (Å²) in [6.07, 6.45) is 1.42. The van der Waals surface area contributed by atoms with Gasteiger partial charge in [0.25, 0.3) is 5.56 Å². The van der Waals surface area contributed by atoms with Gasteiger partial charge in [0.2, 0.25) is 0 Å². The number of benzene rings is 2. The molecule has 2 heterocycles. The van der Waals surface area contributed by atoms with Gasteiger partial charge < -0.3 is 4.98 Å². The zero-order valence-electron chi connectivity index (χ0n) is 14.4. The number of allylic oxidation sites excluding steroid dienone is 2. The average Bonchev–Trinajstić information content (AvgIpc) is 2.93. The normalized spacial score (nSPS) is 12.6. The number of nitrogens with zero attached hydrogens (tertiary/aromatic N) is 3. The number of nitrogens with one attached hydrogen (secondary N) is 1. The minimum atomic E-state index is -0.108. The van der Waals surface area contributed by atoms with Crippen LogP contribution in [-0.4, -0.2) is 15.2 Å². The van der Waals surface area contributed by atoms with Crippen molar-refractivity contribution in [1.29, 1.82) is 0 Å². The molecule has 0 aliphatic rings. The van der Waals surface area contributed by atoms with Crippen molar-refractivity contribution >= 4 is 38.9 Å². The van der Waals surface area contributed by atoms with E-state index in [-0.39, 0.29) is 11.3 Å². The number of carbonyl (C=O) groups excluding carboxylic acids is 1. The zero-order valence-corrected chi connectivity index (χ0v) is 14.4. The standard InChI is InChI=1S/C20H16N4O2/c1-12(11-13(2)25)22-23-18-15-8-4-6-10-17(15)24-19(18)21-16-9-5-3-7-14(16)20(24)26/h3-11,21H,1-2H3. The molecule has 2 aromatic carbocycles. The number of hydrogen-bond donors (Lipinski definition) is 1. The number of ketones is 1. The van der Waals surface area contributed by atoms with Crippen LogP contribution in [0, 0.1) is 0 Å². The van der Waals surface area contributed by atoms with Gasteiger partial charge in [-0.3, -0.25) is 14.0 Å². The lowest BCUT2D eigenvalue weighted by atomic mass is 10.2. The van der Waals surface area contributed by atoms with E-state index in [1.165, 1.54) is 13.0 Å². The Hall–Kier alpha value is -3.54. The van der Waals surface area contributed by atoms with Crippen LogP contribution < -0.4 is 5.56 Å². The number of fused-ring (bicyclic) bond motifs is 4. The summed E-state index contributed by atoms with van der Waals surface area (Å²) in [5.74, 6) is -0.0903. The molecule has 26 heavy (non-hydrogen) atoms. The number of hydrogen-bond acceptors (Lipinski definition) is 4. The van der Waals surface area contributed by atoms with Gasteiger partial charge in [-0.05, 0) is 32.0 Å². The second-order valence-corrected chi connectivity index (χ2v) is 6.12. The summed E-state index contributed by atoms with van der Waals surface area (Å²) in [7, 11) is 0. The fourth-order valence-electron chi connectivity index (χ4n) is 3.13. The van der Waals surface area contributed by atoms with Gasteiger partial charge >= 0.3 is 0 Å². The SMILES string of the molecule is CC(=O)C=C(C)N=Nc1c2ccccc2n2c(=O)c3ccccc3[nH]c12. The first-order valence-electron chi connectivity index (χ1n) is 8.21. The molecule has 0 saturated heterocycles. The second-order valence-electron chi connectivity index (χ2n) is 6.12. The molecular formula is C20H16N4O2. The molecule has 0 aliphatic carbocycles. The highest BCUT2D eigenvalue weighted by molar-refractivity contribution is 6.01. The van der Waals surface area contributed by atoms with Crippen LogP contribution in [0.1, 0.15) is 13.8 Å². The topological polar surface area (TPSA) is 79.1 Å². The van der Waals surface area contributed by atoms with E-state index in [0.29, 0.717) is 22.4 Å². The molecule has 0 spiro atoms. The monoisotopic (exact) mass is 344 g/mol. The number of para-hydroxylation sites is 2. The summed E-state index contributed by atoms with van der Waals surface area (Å²) in [5.41, 5.74) is 3.04. The molecule has 128 valence electrons. The first-order valence-corrected chi connectivity index (χ1v) is 8.21. The maximum Gasteiger partial charge on any atom is 0.266 e. The van der Waals surface area contributed by atoms with Gasteiger partial charge in [0.05, 0.1) is 22.1 Å². The predicted octanol–water partition coefficient (Wildman–Crippen LogP) is 4.51. The molecule has 4 aromatic rings. The largest absolute Gasteiger partial charge is 0.339 e. The molecule has 0 aliphatic heterocycles. The number of aromatic amines is 1. The fourth-order valence-corrected chi connectivity index (χ4v) is 3.13. The minimum Gasteiger partial charge on any atom is -0.339 e. The summed E-state index contributed by atoms with van der Waals surface area (Å²) >= 11 is 0. The van der Waals surface area contributed by atoms with Gasteiger partial charge in [0, 0.05) is 11.5 Å². The van der Waals surface area contributed by atoms with E-state index in [1.54, 1.807) is 17.4 Å². The maximum absolute atomic E-state index is 13.0. The molecule has 4 rings (SSSR count).